The molecular formula is C19H22N4O2. The minimum Gasteiger partial charge on any atom is -0.376 e. The summed E-state index contributed by atoms with van der Waals surface area (Å²) in [6.07, 6.45) is 0.305. The number of fused-ring (bicyclic) bond motifs is 1. The topological polar surface area (TPSA) is 59.3 Å². The molecule has 1 heterocycles. The van der Waals surface area contributed by atoms with Gasteiger partial charge in [0.15, 0.2) is 0 Å². The van der Waals surface area contributed by atoms with E-state index in [1.165, 1.54) is 0 Å². The zero-order chi connectivity index (χ0) is 18.1. The average Bonchev–Trinajstić information content (AvgIpc) is 2.79. The van der Waals surface area contributed by atoms with Crippen LogP contribution < -0.4 is 15.9 Å². The summed E-state index contributed by atoms with van der Waals surface area (Å²) in [4.78, 5) is 26.5. The van der Waals surface area contributed by atoms with Crippen LogP contribution in [0.25, 0.3) is 11.0 Å². The summed E-state index contributed by atoms with van der Waals surface area (Å²) in [5.74, 6) is -0.0884. The van der Waals surface area contributed by atoms with E-state index in [0.29, 0.717) is 12.1 Å². The molecule has 0 radical (unpaired) electrons. The second-order valence-corrected chi connectivity index (χ2v) is 6.36. The van der Waals surface area contributed by atoms with Crippen molar-refractivity contribution in [2.45, 2.75) is 6.42 Å². The molecule has 0 bridgehead atoms. The number of carbonyl (C=O) groups excluding carboxylic acids is 1. The fourth-order valence-electron chi connectivity index (χ4n) is 2.98. The fourth-order valence-corrected chi connectivity index (χ4v) is 2.98. The molecule has 0 fully saturated rings. The lowest BCUT2D eigenvalue weighted by atomic mass is 10.1. The number of amides is 1. The van der Waals surface area contributed by atoms with Crippen molar-refractivity contribution in [1.82, 2.24) is 9.13 Å². The lowest BCUT2D eigenvalue weighted by molar-refractivity contribution is -0.115. The van der Waals surface area contributed by atoms with Gasteiger partial charge in [-0.15, -0.1) is 0 Å². The molecule has 0 aliphatic carbocycles. The van der Waals surface area contributed by atoms with Gasteiger partial charge in [-0.2, -0.15) is 0 Å². The van der Waals surface area contributed by atoms with E-state index in [2.05, 4.69) is 5.32 Å². The van der Waals surface area contributed by atoms with Crippen LogP contribution in [0.1, 0.15) is 5.56 Å². The molecule has 0 saturated heterocycles. The quantitative estimate of drug-likeness (QED) is 0.793. The van der Waals surface area contributed by atoms with Gasteiger partial charge in [-0.3, -0.25) is 13.9 Å². The van der Waals surface area contributed by atoms with Crippen molar-refractivity contribution in [2.75, 3.05) is 24.3 Å². The Labute approximate surface area is 146 Å². The van der Waals surface area contributed by atoms with Crippen molar-refractivity contribution in [3.8, 4) is 0 Å². The van der Waals surface area contributed by atoms with E-state index in [4.69, 9.17) is 0 Å². The maximum atomic E-state index is 12.4. The minimum absolute atomic E-state index is 0.0884. The summed E-state index contributed by atoms with van der Waals surface area (Å²) >= 11 is 0. The van der Waals surface area contributed by atoms with E-state index in [-0.39, 0.29) is 11.6 Å². The maximum absolute atomic E-state index is 12.4. The predicted molar refractivity (Wildman–Crippen MR) is 101 cm³/mol. The van der Waals surface area contributed by atoms with Gasteiger partial charge >= 0.3 is 5.69 Å². The first-order chi connectivity index (χ1) is 11.9. The standard InChI is InChI=1S/C19H22N4O2/c1-21(2)15-12-17-16(22(3)19(25)23(17)4)11-14(15)20-18(24)10-13-8-6-5-7-9-13/h5-9,11-12H,10H2,1-4H3,(H,20,24). The van der Waals surface area contributed by atoms with Gasteiger partial charge in [-0.1, -0.05) is 30.3 Å². The normalized spacial score (nSPS) is 10.9. The van der Waals surface area contributed by atoms with Crippen molar-refractivity contribution in [2.24, 2.45) is 14.1 Å². The molecule has 0 spiro atoms. The van der Waals surface area contributed by atoms with E-state index >= 15 is 0 Å². The Bertz CT molecular complexity index is 984. The Morgan fingerprint density at radius 1 is 1.04 bits per heavy atom. The SMILES string of the molecule is CN(C)c1cc2c(cc1NC(=O)Cc1ccccc1)n(C)c(=O)n2C. The number of nitrogens with one attached hydrogen (secondary N) is 1. The number of hydrogen-bond acceptors (Lipinski definition) is 3. The zero-order valence-corrected chi connectivity index (χ0v) is 14.9. The molecule has 1 N–H and O–H groups in total. The van der Waals surface area contributed by atoms with Crippen LogP contribution in [-0.4, -0.2) is 29.1 Å². The monoisotopic (exact) mass is 338 g/mol. The number of carbonyl (C=O) groups is 1. The highest BCUT2D eigenvalue weighted by Gasteiger charge is 2.15. The highest BCUT2D eigenvalue weighted by Crippen LogP contribution is 2.29. The van der Waals surface area contributed by atoms with Crippen molar-refractivity contribution in [3.63, 3.8) is 0 Å². The second kappa shape index (κ2) is 6.47. The number of rotatable bonds is 4. The van der Waals surface area contributed by atoms with Crippen molar-refractivity contribution in [3.05, 3.63) is 58.5 Å². The number of aryl methyl sites for hydroxylation is 2. The lowest BCUT2D eigenvalue weighted by Gasteiger charge is -2.18. The maximum Gasteiger partial charge on any atom is 0.328 e. The molecule has 0 aliphatic rings. The van der Waals surface area contributed by atoms with E-state index in [1.54, 1.807) is 23.2 Å². The fraction of sp³-hybridized carbons (Fsp3) is 0.263. The molecule has 3 aromatic rings. The number of imidazole rings is 1. The van der Waals surface area contributed by atoms with Crippen LogP contribution in [0.4, 0.5) is 11.4 Å². The highest BCUT2D eigenvalue weighted by molar-refractivity contribution is 5.99. The molecule has 6 nitrogen and oxygen atoms in total. The summed E-state index contributed by atoms with van der Waals surface area (Å²) in [6, 6.07) is 13.4. The molecule has 1 amide bonds. The third-order valence-corrected chi connectivity index (χ3v) is 4.35. The van der Waals surface area contributed by atoms with Gasteiger partial charge < -0.3 is 10.2 Å². The highest BCUT2D eigenvalue weighted by atomic mass is 16.2. The zero-order valence-electron chi connectivity index (χ0n) is 14.9. The van der Waals surface area contributed by atoms with Crippen LogP contribution >= 0.6 is 0 Å². The number of aromatic nitrogens is 2. The van der Waals surface area contributed by atoms with E-state index in [1.807, 2.05) is 61.5 Å². The Kier molecular flexibility index (Phi) is 4.35. The van der Waals surface area contributed by atoms with Crippen LogP contribution in [0, 0.1) is 0 Å². The van der Waals surface area contributed by atoms with Gasteiger partial charge in [0.2, 0.25) is 5.91 Å². The summed E-state index contributed by atoms with van der Waals surface area (Å²) in [7, 11) is 7.30. The molecule has 0 aliphatic heterocycles. The third-order valence-electron chi connectivity index (χ3n) is 4.35. The molecule has 2 aromatic carbocycles. The van der Waals surface area contributed by atoms with Gasteiger partial charge in [-0.25, -0.2) is 4.79 Å². The Hall–Kier alpha value is -3.02. The van der Waals surface area contributed by atoms with Crippen LogP contribution in [0.2, 0.25) is 0 Å². The number of benzene rings is 2. The van der Waals surface area contributed by atoms with Gasteiger partial charge in [-0.05, 0) is 17.7 Å². The first-order valence-corrected chi connectivity index (χ1v) is 8.09. The van der Waals surface area contributed by atoms with Crippen LogP contribution in [0.5, 0.6) is 0 Å². The van der Waals surface area contributed by atoms with E-state index in [0.717, 1.165) is 22.3 Å². The van der Waals surface area contributed by atoms with Crippen LogP contribution in [0.3, 0.4) is 0 Å². The van der Waals surface area contributed by atoms with Gasteiger partial charge in [0.1, 0.15) is 0 Å². The van der Waals surface area contributed by atoms with Crippen molar-refractivity contribution < 1.29 is 4.79 Å². The minimum atomic E-state index is -0.0903. The summed E-state index contributed by atoms with van der Waals surface area (Å²) in [6.45, 7) is 0. The van der Waals surface area contributed by atoms with Crippen LogP contribution in [-0.2, 0) is 25.3 Å². The lowest BCUT2D eigenvalue weighted by Crippen LogP contribution is -2.19. The molecule has 0 unspecified atom stereocenters. The van der Waals surface area contributed by atoms with E-state index < -0.39 is 0 Å². The van der Waals surface area contributed by atoms with Crippen molar-refractivity contribution >= 4 is 28.3 Å². The van der Waals surface area contributed by atoms with Crippen LogP contribution in [0.15, 0.2) is 47.3 Å². The summed E-state index contributed by atoms with van der Waals surface area (Å²) < 4.78 is 3.19. The number of anilines is 2. The molecule has 0 saturated carbocycles. The van der Waals surface area contributed by atoms with Gasteiger partial charge in [0.05, 0.1) is 28.8 Å². The molecule has 0 atom stereocenters. The number of hydrogen-bond donors (Lipinski definition) is 1. The molecular weight excluding hydrogens is 316 g/mol. The number of nitrogens with zero attached hydrogens (tertiary/aromatic N) is 3. The Morgan fingerprint density at radius 3 is 2.24 bits per heavy atom. The molecule has 25 heavy (non-hydrogen) atoms. The summed E-state index contributed by atoms with van der Waals surface area (Å²) in [5.41, 5.74) is 4.03. The molecule has 3 rings (SSSR count). The van der Waals surface area contributed by atoms with E-state index in [9.17, 15) is 9.59 Å². The summed E-state index contributed by atoms with van der Waals surface area (Å²) in [5, 5.41) is 2.98. The smallest absolute Gasteiger partial charge is 0.328 e. The molecule has 6 heteroatoms. The Morgan fingerprint density at radius 2 is 1.64 bits per heavy atom. The third kappa shape index (κ3) is 3.15. The largest absolute Gasteiger partial charge is 0.376 e. The first kappa shape index (κ1) is 16.8. The first-order valence-electron chi connectivity index (χ1n) is 8.09. The second-order valence-electron chi connectivity index (χ2n) is 6.36. The Balaban J connectivity index is 1.99. The molecule has 130 valence electrons. The molecule has 1 aromatic heterocycles. The van der Waals surface area contributed by atoms with Gasteiger partial charge in [0.25, 0.3) is 0 Å². The average molecular weight is 338 g/mol. The van der Waals surface area contributed by atoms with Crippen molar-refractivity contribution in [1.29, 1.82) is 0 Å². The predicted octanol–water partition coefficient (Wildman–Crippen LogP) is 2.12. The van der Waals surface area contributed by atoms with Gasteiger partial charge in [0, 0.05) is 28.2 Å².